The van der Waals surface area contributed by atoms with Crippen LogP contribution >= 0.6 is 15.9 Å². The van der Waals surface area contributed by atoms with E-state index < -0.39 is 9.84 Å². The standard InChI is InChI=1S/C11H12BrN3O2S/c1-15-5-4-9(14-15)7-18(16,17)11-3-2-8(12)6-10(11)13/h2-6H,7,13H2,1H3. The highest BCUT2D eigenvalue weighted by Crippen LogP contribution is 2.25. The van der Waals surface area contributed by atoms with Gasteiger partial charge in [-0.1, -0.05) is 15.9 Å². The van der Waals surface area contributed by atoms with E-state index in [1.54, 1.807) is 36.1 Å². The Morgan fingerprint density at radius 2 is 2.11 bits per heavy atom. The number of hydrogen-bond donors (Lipinski definition) is 1. The first-order valence-corrected chi connectivity index (χ1v) is 7.59. The molecule has 0 unspecified atom stereocenters. The summed E-state index contributed by atoms with van der Waals surface area (Å²) >= 11 is 3.24. The number of nitrogens with zero attached hydrogens (tertiary/aromatic N) is 2. The van der Waals surface area contributed by atoms with Gasteiger partial charge in [0.25, 0.3) is 0 Å². The van der Waals surface area contributed by atoms with E-state index in [-0.39, 0.29) is 16.3 Å². The first-order chi connectivity index (χ1) is 8.38. The number of benzene rings is 1. The fourth-order valence-electron chi connectivity index (χ4n) is 1.62. The Bertz CT molecular complexity index is 679. The molecule has 2 N–H and O–H groups in total. The van der Waals surface area contributed by atoms with Crippen LogP contribution in [0.2, 0.25) is 0 Å². The number of hydrogen-bond acceptors (Lipinski definition) is 4. The van der Waals surface area contributed by atoms with Crippen molar-refractivity contribution in [2.24, 2.45) is 7.05 Å². The first kappa shape index (κ1) is 13.1. The maximum atomic E-state index is 12.2. The summed E-state index contributed by atoms with van der Waals surface area (Å²) in [4.78, 5) is 0.136. The third-order valence-corrected chi connectivity index (χ3v) is 4.62. The summed E-state index contributed by atoms with van der Waals surface area (Å²) in [5.41, 5.74) is 6.47. The van der Waals surface area contributed by atoms with Crippen molar-refractivity contribution in [3.8, 4) is 0 Å². The molecule has 0 aliphatic heterocycles. The molecule has 0 saturated heterocycles. The third-order valence-electron chi connectivity index (χ3n) is 2.41. The first-order valence-electron chi connectivity index (χ1n) is 5.15. The monoisotopic (exact) mass is 329 g/mol. The number of aryl methyl sites for hydroxylation is 1. The Hall–Kier alpha value is -1.34. The number of rotatable bonds is 3. The van der Waals surface area contributed by atoms with Crippen molar-refractivity contribution in [3.63, 3.8) is 0 Å². The zero-order valence-corrected chi connectivity index (χ0v) is 12.1. The number of anilines is 1. The van der Waals surface area contributed by atoms with Gasteiger partial charge in [-0.25, -0.2) is 8.42 Å². The highest BCUT2D eigenvalue weighted by Gasteiger charge is 2.19. The van der Waals surface area contributed by atoms with Crippen LogP contribution < -0.4 is 5.73 Å². The molecule has 0 atom stereocenters. The maximum Gasteiger partial charge on any atom is 0.186 e. The Kier molecular flexibility index (Phi) is 3.45. The van der Waals surface area contributed by atoms with Crippen LogP contribution in [0, 0.1) is 0 Å². The van der Waals surface area contributed by atoms with E-state index >= 15 is 0 Å². The summed E-state index contributed by atoms with van der Waals surface area (Å²) in [7, 11) is -1.73. The van der Waals surface area contributed by atoms with E-state index in [0.717, 1.165) is 4.47 Å². The second-order valence-electron chi connectivity index (χ2n) is 3.92. The minimum Gasteiger partial charge on any atom is -0.398 e. The van der Waals surface area contributed by atoms with Crippen molar-refractivity contribution in [1.82, 2.24) is 9.78 Å². The Labute approximate surface area is 114 Å². The lowest BCUT2D eigenvalue weighted by Gasteiger charge is -2.06. The van der Waals surface area contributed by atoms with Crippen molar-refractivity contribution < 1.29 is 8.42 Å². The van der Waals surface area contributed by atoms with E-state index in [9.17, 15) is 8.42 Å². The van der Waals surface area contributed by atoms with Gasteiger partial charge >= 0.3 is 0 Å². The van der Waals surface area contributed by atoms with E-state index in [2.05, 4.69) is 21.0 Å². The number of nitrogens with two attached hydrogens (primary N) is 1. The highest BCUT2D eigenvalue weighted by molar-refractivity contribution is 9.10. The molecule has 0 radical (unpaired) electrons. The summed E-state index contributed by atoms with van der Waals surface area (Å²) < 4.78 is 26.7. The summed E-state index contributed by atoms with van der Waals surface area (Å²) in [6, 6.07) is 6.40. The topological polar surface area (TPSA) is 78.0 Å². The molecule has 2 rings (SSSR count). The lowest BCUT2D eigenvalue weighted by atomic mass is 10.3. The molecule has 1 aromatic carbocycles. The van der Waals surface area contributed by atoms with Crippen LogP contribution in [0.5, 0.6) is 0 Å². The molecule has 0 aliphatic carbocycles. The van der Waals surface area contributed by atoms with Crippen LogP contribution in [-0.2, 0) is 22.6 Å². The lowest BCUT2D eigenvalue weighted by molar-refractivity contribution is 0.594. The van der Waals surface area contributed by atoms with Crippen LogP contribution in [0.4, 0.5) is 5.69 Å². The molecule has 0 amide bonds. The summed E-state index contributed by atoms with van der Waals surface area (Å²) in [6.45, 7) is 0. The normalized spacial score (nSPS) is 11.7. The number of sulfone groups is 1. The molecule has 0 bridgehead atoms. The molecule has 0 aliphatic rings. The zero-order chi connectivity index (χ0) is 13.3. The van der Waals surface area contributed by atoms with Crippen molar-refractivity contribution in [3.05, 3.63) is 40.6 Å². The Morgan fingerprint density at radius 3 is 2.67 bits per heavy atom. The molecule has 2 aromatic rings. The second-order valence-corrected chi connectivity index (χ2v) is 6.80. The lowest BCUT2D eigenvalue weighted by Crippen LogP contribution is -2.08. The number of halogens is 1. The SMILES string of the molecule is Cn1ccc(CS(=O)(=O)c2ccc(Br)cc2N)n1. The quantitative estimate of drug-likeness (QED) is 0.870. The summed E-state index contributed by atoms with van der Waals surface area (Å²) in [5, 5.41) is 4.06. The van der Waals surface area contributed by atoms with Gasteiger partial charge in [-0.2, -0.15) is 5.10 Å². The number of nitrogen functional groups attached to an aromatic ring is 1. The van der Waals surface area contributed by atoms with Crippen LogP contribution in [0.1, 0.15) is 5.69 Å². The average molecular weight is 330 g/mol. The molecule has 96 valence electrons. The van der Waals surface area contributed by atoms with Crippen LogP contribution in [0.15, 0.2) is 39.8 Å². The van der Waals surface area contributed by atoms with Gasteiger partial charge in [0, 0.05) is 17.7 Å². The predicted octanol–water partition coefficient (Wildman–Crippen LogP) is 1.74. The second kappa shape index (κ2) is 4.74. The fourth-order valence-corrected chi connectivity index (χ4v) is 3.39. The van der Waals surface area contributed by atoms with Gasteiger partial charge in [-0.15, -0.1) is 0 Å². The molecule has 18 heavy (non-hydrogen) atoms. The van der Waals surface area contributed by atoms with E-state index in [0.29, 0.717) is 5.69 Å². The molecule has 0 spiro atoms. The average Bonchev–Trinajstić information content (AvgIpc) is 2.62. The molecule has 7 heteroatoms. The fraction of sp³-hybridized carbons (Fsp3) is 0.182. The maximum absolute atomic E-state index is 12.2. The van der Waals surface area contributed by atoms with E-state index in [4.69, 9.17) is 5.73 Å². The molecular weight excluding hydrogens is 318 g/mol. The van der Waals surface area contributed by atoms with Gasteiger partial charge in [-0.3, -0.25) is 4.68 Å². The molecule has 1 heterocycles. The predicted molar refractivity (Wildman–Crippen MR) is 72.7 cm³/mol. The third kappa shape index (κ3) is 2.73. The largest absolute Gasteiger partial charge is 0.398 e. The van der Waals surface area contributed by atoms with Gasteiger partial charge in [0.2, 0.25) is 0 Å². The van der Waals surface area contributed by atoms with Crippen LogP contribution in [-0.4, -0.2) is 18.2 Å². The molecule has 0 fully saturated rings. The van der Waals surface area contributed by atoms with Gasteiger partial charge in [0.05, 0.1) is 22.0 Å². The van der Waals surface area contributed by atoms with Gasteiger partial charge in [-0.05, 0) is 24.3 Å². The minimum atomic E-state index is -3.47. The van der Waals surface area contributed by atoms with Gasteiger partial charge in [0.15, 0.2) is 9.84 Å². The Morgan fingerprint density at radius 1 is 1.39 bits per heavy atom. The van der Waals surface area contributed by atoms with Crippen LogP contribution in [0.25, 0.3) is 0 Å². The highest BCUT2D eigenvalue weighted by atomic mass is 79.9. The Balaban J connectivity index is 2.36. The van der Waals surface area contributed by atoms with Gasteiger partial charge in [0.1, 0.15) is 0 Å². The minimum absolute atomic E-state index is 0.136. The molecule has 1 aromatic heterocycles. The van der Waals surface area contributed by atoms with Gasteiger partial charge < -0.3 is 5.73 Å². The molecule has 5 nitrogen and oxygen atoms in total. The summed E-state index contributed by atoms with van der Waals surface area (Å²) in [5.74, 6) is -0.153. The smallest absolute Gasteiger partial charge is 0.186 e. The van der Waals surface area contributed by atoms with E-state index in [1.807, 2.05) is 0 Å². The number of aromatic nitrogens is 2. The summed E-state index contributed by atoms with van der Waals surface area (Å²) in [6.07, 6.45) is 1.70. The zero-order valence-electron chi connectivity index (χ0n) is 9.67. The van der Waals surface area contributed by atoms with Crippen molar-refractivity contribution in [2.45, 2.75) is 10.6 Å². The van der Waals surface area contributed by atoms with Crippen molar-refractivity contribution >= 4 is 31.5 Å². The van der Waals surface area contributed by atoms with Crippen molar-refractivity contribution in [2.75, 3.05) is 5.73 Å². The van der Waals surface area contributed by atoms with E-state index in [1.165, 1.54) is 6.07 Å². The van der Waals surface area contributed by atoms with Crippen molar-refractivity contribution in [1.29, 1.82) is 0 Å². The molecular formula is C11H12BrN3O2S. The van der Waals surface area contributed by atoms with Crippen LogP contribution in [0.3, 0.4) is 0 Å². The molecule has 0 saturated carbocycles.